The van der Waals surface area contributed by atoms with Crippen molar-refractivity contribution < 1.29 is 13.7 Å². The molecule has 0 saturated carbocycles. The molecule has 11 heteroatoms. The van der Waals surface area contributed by atoms with Crippen LogP contribution < -0.4 is 5.32 Å². The first kappa shape index (κ1) is 20.1. The molecule has 0 unspecified atom stereocenters. The molecule has 0 saturated heterocycles. The summed E-state index contributed by atoms with van der Waals surface area (Å²) in [6.07, 6.45) is 4.70. The molecule has 0 atom stereocenters. The zero-order valence-corrected chi connectivity index (χ0v) is 17.2. The highest BCUT2D eigenvalue weighted by Gasteiger charge is 2.22. The van der Waals surface area contributed by atoms with Crippen LogP contribution in [0.1, 0.15) is 27.4 Å². The lowest BCUT2D eigenvalue weighted by atomic mass is 10.2. The molecule has 4 aromatic rings. The lowest BCUT2D eigenvalue weighted by molar-refractivity contribution is 0.101. The number of nitrogens with zero attached hydrogens (tertiary/aromatic N) is 5. The van der Waals surface area contributed by atoms with E-state index >= 15 is 0 Å². The van der Waals surface area contributed by atoms with E-state index in [4.69, 9.17) is 27.7 Å². The van der Waals surface area contributed by atoms with Crippen molar-refractivity contribution in [3.05, 3.63) is 81.3 Å². The van der Waals surface area contributed by atoms with Gasteiger partial charge in [0.15, 0.2) is 11.5 Å². The molecule has 0 aliphatic carbocycles. The van der Waals surface area contributed by atoms with Crippen molar-refractivity contribution in [3.8, 4) is 0 Å². The Morgan fingerprint density at radius 2 is 1.93 bits per heavy atom. The van der Waals surface area contributed by atoms with E-state index in [2.05, 4.69) is 20.7 Å². The summed E-state index contributed by atoms with van der Waals surface area (Å²) in [6, 6.07) is 6.03. The number of aryl methyl sites for hydroxylation is 1. The Kier molecular flexibility index (Phi) is 5.56. The molecule has 0 radical (unpaired) electrons. The predicted octanol–water partition coefficient (Wildman–Crippen LogP) is 4.17. The monoisotopic (exact) mass is 448 g/mol. The van der Waals surface area contributed by atoms with Gasteiger partial charge >= 0.3 is 0 Å². The summed E-state index contributed by atoms with van der Waals surface area (Å²) in [5, 5.41) is 15.6. The van der Waals surface area contributed by atoms with Gasteiger partial charge in [-0.3, -0.25) is 14.2 Å². The predicted molar refractivity (Wildman–Crippen MR) is 108 cm³/mol. The van der Waals surface area contributed by atoms with Gasteiger partial charge in [-0.1, -0.05) is 40.5 Å². The molecule has 1 amide bonds. The molecule has 8 nitrogen and oxygen atoms in total. The van der Waals surface area contributed by atoms with Crippen molar-refractivity contribution in [1.82, 2.24) is 24.7 Å². The zero-order chi connectivity index (χ0) is 21.3. The molecule has 154 valence electrons. The molecule has 0 aliphatic heterocycles. The van der Waals surface area contributed by atoms with Crippen molar-refractivity contribution in [2.75, 3.05) is 5.32 Å². The largest absolute Gasteiger partial charge is 0.361 e. The van der Waals surface area contributed by atoms with E-state index in [0.29, 0.717) is 22.9 Å². The SMILES string of the molecule is Cc1onc(C(=O)Nc2nn(Cc3ccc(F)cc3)cc2Cl)c1Cn1cc(Cl)cn1. The Balaban J connectivity index is 1.50. The molecular weight excluding hydrogens is 434 g/mol. The smallest absolute Gasteiger partial charge is 0.279 e. The van der Waals surface area contributed by atoms with Gasteiger partial charge in [-0.05, 0) is 24.6 Å². The number of halogens is 3. The maximum atomic E-state index is 13.1. The van der Waals surface area contributed by atoms with Gasteiger partial charge < -0.3 is 9.84 Å². The second-order valence-corrected chi connectivity index (χ2v) is 7.37. The van der Waals surface area contributed by atoms with E-state index < -0.39 is 5.91 Å². The first-order chi connectivity index (χ1) is 14.4. The van der Waals surface area contributed by atoms with Crippen LogP contribution in [0.15, 0.2) is 47.4 Å². The van der Waals surface area contributed by atoms with Crippen LogP contribution in [0.5, 0.6) is 0 Å². The number of rotatable bonds is 6. The van der Waals surface area contributed by atoms with Crippen molar-refractivity contribution in [2.24, 2.45) is 0 Å². The van der Waals surface area contributed by atoms with Gasteiger partial charge in [-0.2, -0.15) is 10.2 Å². The molecule has 0 aliphatic rings. The third-order valence-electron chi connectivity index (χ3n) is 4.33. The Morgan fingerprint density at radius 1 is 1.17 bits per heavy atom. The number of carbonyl (C=O) groups excluding carboxylic acids is 1. The summed E-state index contributed by atoms with van der Waals surface area (Å²) < 4.78 is 21.4. The zero-order valence-electron chi connectivity index (χ0n) is 15.6. The van der Waals surface area contributed by atoms with E-state index in [1.54, 1.807) is 40.8 Å². The molecule has 4 rings (SSSR count). The van der Waals surface area contributed by atoms with Crippen molar-refractivity contribution in [3.63, 3.8) is 0 Å². The fourth-order valence-electron chi connectivity index (χ4n) is 2.85. The third-order valence-corrected chi connectivity index (χ3v) is 4.80. The van der Waals surface area contributed by atoms with E-state index in [1.807, 2.05) is 0 Å². The minimum atomic E-state index is -0.519. The quantitative estimate of drug-likeness (QED) is 0.477. The first-order valence-corrected chi connectivity index (χ1v) is 9.56. The van der Waals surface area contributed by atoms with E-state index in [1.165, 1.54) is 18.3 Å². The van der Waals surface area contributed by atoms with Gasteiger partial charge in [0.25, 0.3) is 5.91 Å². The third kappa shape index (κ3) is 4.37. The average Bonchev–Trinajstić information content (AvgIpc) is 3.38. The topological polar surface area (TPSA) is 90.8 Å². The summed E-state index contributed by atoms with van der Waals surface area (Å²) in [5.41, 5.74) is 1.50. The van der Waals surface area contributed by atoms with Crippen molar-refractivity contribution >= 4 is 34.9 Å². The normalized spacial score (nSPS) is 11.1. The first-order valence-electron chi connectivity index (χ1n) is 8.81. The molecule has 3 heterocycles. The highest BCUT2D eigenvalue weighted by molar-refractivity contribution is 6.33. The summed E-state index contributed by atoms with van der Waals surface area (Å²) in [7, 11) is 0. The number of amides is 1. The minimum Gasteiger partial charge on any atom is -0.361 e. The van der Waals surface area contributed by atoms with Crippen LogP contribution in [0.25, 0.3) is 0 Å². The number of carbonyl (C=O) groups is 1. The maximum Gasteiger partial charge on any atom is 0.279 e. The Hall–Kier alpha value is -3.17. The van der Waals surface area contributed by atoms with Gasteiger partial charge in [0.05, 0.1) is 24.3 Å². The van der Waals surface area contributed by atoms with Gasteiger partial charge in [0, 0.05) is 18.0 Å². The number of aromatic nitrogens is 5. The maximum absolute atomic E-state index is 13.1. The number of hydrogen-bond acceptors (Lipinski definition) is 5. The van der Waals surface area contributed by atoms with Gasteiger partial charge in [-0.25, -0.2) is 4.39 Å². The average molecular weight is 449 g/mol. The van der Waals surface area contributed by atoms with Crippen LogP contribution in [0.3, 0.4) is 0 Å². The van der Waals surface area contributed by atoms with Crippen LogP contribution >= 0.6 is 23.2 Å². The van der Waals surface area contributed by atoms with E-state index in [9.17, 15) is 9.18 Å². The molecule has 1 aromatic carbocycles. The Morgan fingerprint density at radius 3 is 2.63 bits per heavy atom. The van der Waals surface area contributed by atoms with Gasteiger partial charge in [-0.15, -0.1) is 0 Å². The van der Waals surface area contributed by atoms with Crippen molar-refractivity contribution in [1.29, 1.82) is 0 Å². The highest BCUT2D eigenvalue weighted by atomic mass is 35.5. The molecule has 0 fully saturated rings. The van der Waals surface area contributed by atoms with Crippen LogP contribution in [0.2, 0.25) is 10.0 Å². The molecule has 0 bridgehead atoms. The second-order valence-electron chi connectivity index (χ2n) is 6.53. The number of anilines is 1. The number of benzene rings is 1. The molecule has 0 spiro atoms. The standard InChI is InChI=1S/C19H15Cl2FN6O2/c1-11-15(9-27-8-13(20)6-23-27)17(26-30-11)19(29)24-18-16(21)10-28(25-18)7-12-2-4-14(22)5-3-12/h2-6,8,10H,7,9H2,1H3,(H,24,25,29). The fourth-order valence-corrected chi connectivity index (χ4v) is 3.20. The Labute approximate surface area is 180 Å². The second kappa shape index (κ2) is 8.29. The lowest BCUT2D eigenvalue weighted by Crippen LogP contribution is -2.16. The summed E-state index contributed by atoms with van der Waals surface area (Å²) in [5.74, 6) is -0.174. The molecule has 3 aromatic heterocycles. The minimum absolute atomic E-state index is 0.100. The van der Waals surface area contributed by atoms with Crippen molar-refractivity contribution in [2.45, 2.75) is 20.0 Å². The van der Waals surface area contributed by atoms with Crippen LogP contribution in [-0.2, 0) is 13.1 Å². The van der Waals surface area contributed by atoms with Gasteiger partial charge in [0.2, 0.25) is 0 Å². The van der Waals surface area contributed by atoms with E-state index in [-0.39, 0.29) is 28.9 Å². The molecular formula is C19H15Cl2FN6O2. The van der Waals surface area contributed by atoms with Crippen LogP contribution in [0.4, 0.5) is 10.2 Å². The van der Waals surface area contributed by atoms with Gasteiger partial charge in [0.1, 0.15) is 16.6 Å². The summed E-state index contributed by atoms with van der Waals surface area (Å²) >= 11 is 12.1. The molecule has 1 N–H and O–H groups in total. The highest BCUT2D eigenvalue weighted by Crippen LogP contribution is 2.22. The van der Waals surface area contributed by atoms with Crippen LogP contribution in [-0.4, -0.2) is 30.6 Å². The van der Waals surface area contributed by atoms with Crippen LogP contribution in [0, 0.1) is 12.7 Å². The fraction of sp³-hybridized carbons (Fsp3) is 0.158. The lowest BCUT2D eigenvalue weighted by Gasteiger charge is -2.04. The molecule has 30 heavy (non-hydrogen) atoms. The summed E-state index contributed by atoms with van der Waals surface area (Å²) in [4.78, 5) is 12.8. The Bertz CT molecular complexity index is 1200. The van der Waals surface area contributed by atoms with E-state index in [0.717, 1.165) is 5.56 Å². The number of nitrogens with one attached hydrogen (secondary N) is 1. The number of hydrogen-bond donors (Lipinski definition) is 1. The summed E-state index contributed by atoms with van der Waals surface area (Å²) in [6.45, 7) is 2.33.